The third kappa shape index (κ3) is 3.23. The summed E-state index contributed by atoms with van der Waals surface area (Å²) in [5.74, 6) is 0. The molecule has 1 rings (SSSR count). The van der Waals surface area contributed by atoms with Crippen molar-refractivity contribution in [2.24, 2.45) is 0 Å². The summed E-state index contributed by atoms with van der Waals surface area (Å²) in [6.45, 7) is 1.96. The first-order valence-corrected chi connectivity index (χ1v) is 5.69. The van der Waals surface area contributed by atoms with E-state index in [0.29, 0.717) is 0 Å². The lowest BCUT2D eigenvalue weighted by Crippen LogP contribution is -2.40. The molecule has 0 saturated carbocycles. The van der Waals surface area contributed by atoms with Crippen molar-refractivity contribution in [3.63, 3.8) is 0 Å². The van der Waals surface area contributed by atoms with Gasteiger partial charge in [0.05, 0.1) is 6.07 Å². The van der Waals surface area contributed by atoms with Gasteiger partial charge in [-0.2, -0.15) is 5.26 Å². The lowest BCUT2D eigenvalue weighted by Gasteiger charge is -2.29. The summed E-state index contributed by atoms with van der Waals surface area (Å²) in [6, 6.07) is 10.2. The largest absolute Gasteiger partial charge is 0.292 e. The van der Waals surface area contributed by atoms with Crippen LogP contribution in [0.25, 0.3) is 0 Å². The van der Waals surface area contributed by atoms with Crippen LogP contribution in [0.3, 0.4) is 0 Å². The molecule has 0 fully saturated rings. The van der Waals surface area contributed by atoms with Gasteiger partial charge in [0, 0.05) is 5.02 Å². The summed E-state index contributed by atoms with van der Waals surface area (Å²) < 4.78 is 0. The molecule has 3 heteroatoms. The molecule has 1 unspecified atom stereocenters. The van der Waals surface area contributed by atoms with Gasteiger partial charge in [-0.15, -0.1) is 0 Å². The molecule has 0 bridgehead atoms. The number of halogens is 1. The van der Waals surface area contributed by atoms with E-state index in [1.54, 1.807) is 0 Å². The van der Waals surface area contributed by atoms with Crippen LogP contribution in [-0.4, -0.2) is 24.5 Å². The van der Waals surface area contributed by atoms with Crippen molar-refractivity contribution in [3.05, 3.63) is 34.9 Å². The van der Waals surface area contributed by atoms with Crippen LogP contribution in [0.1, 0.15) is 18.9 Å². The molecular formula is C13H17ClN2. The number of benzene rings is 1. The van der Waals surface area contributed by atoms with E-state index in [1.165, 1.54) is 5.56 Å². The highest BCUT2D eigenvalue weighted by Gasteiger charge is 2.25. The fourth-order valence-corrected chi connectivity index (χ4v) is 1.67. The Morgan fingerprint density at radius 2 is 2.12 bits per heavy atom. The quantitative estimate of drug-likeness (QED) is 0.803. The third-order valence-electron chi connectivity index (χ3n) is 3.02. The van der Waals surface area contributed by atoms with Crippen molar-refractivity contribution in [1.82, 2.24) is 4.90 Å². The molecule has 0 heterocycles. The predicted octanol–water partition coefficient (Wildman–Crippen LogP) is 3.12. The van der Waals surface area contributed by atoms with Crippen LogP contribution < -0.4 is 0 Å². The fourth-order valence-electron chi connectivity index (χ4n) is 1.46. The van der Waals surface area contributed by atoms with Crippen LogP contribution in [0.15, 0.2) is 24.3 Å². The highest BCUT2D eigenvalue weighted by Crippen LogP contribution is 2.20. The molecule has 0 spiro atoms. The number of aryl methyl sites for hydroxylation is 1. The van der Waals surface area contributed by atoms with Gasteiger partial charge in [0.15, 0.2) is 0 Å². The Labute approximate surface area is 102 Å². The van der Waals surface area contributed by atoms with E-state index in [1.807, 2.05) is 50.2 Å². The summed E-state index contributed by atoms with van der Waals surface area (Å²) in [4.78, 5) is 1.96. The molecule has 0 amide bonds. The minimum absolute atomic E-state index is 0.414. The van der Waals surface area contributed by atoms with E-state index in [-0.39, 0.29) is 0 Å². The zero-order valence-corrected chi connectivity index (χ0v) is 10.8. The molecule has 0 N–H and O–H groups in total. The van der Waals surface area contributed by atoms with Gasteiger partial charge in [-0.05, 0) is 51.6 Å². The highest BCUT2D eigenvalue weighted by molar-refractivity contribution is 6.30. The fraction of sp³-hybridized carbons (Fsp3) is 0.462. The zero-order chi connectivity index (χ0) is 12.2. The predicted molar refractivity (Wildman–Crippen MR) is 67.5 cm³/mol. The molecule has 0 saturated heterocycles. The van der Waals surface area contributed by atoms with Gasteiger partial charge in [-0.3, -0.25) is 4.90 Å². The summed E-state index contributed by atoms with van der Waals surface area (Å²) in [6.07, 6.45) is 1.67. The van der Waals surface area contributed by atoms with Gasteiger partial charge in [0.25, 0.3) is 0 Å². The normalized spacial score (nSPS) is 14.5. The highest BCUT2D eigenvalue weighted by atomic mass is 35.5. The van der Waals surface area contributed by atoms with Gasteiger partial charge in [-0.25, -0.2) is 0 Å². The van der Waals surface area contributed by atoms with Crippen molar-refractivity contribution >= 4 is 11.6 Å². The van der Waals surface area contributed by atoms with Crippen LogP contribution in [0.4, 0.5) is 0 Å². The Kier molecular flexibility index (Phi) is 4.35. The molecule has 0 aromatic heterocycles. The number of hydrogen-bond donors (Lipinski definition) is 0. The maximum absolute atomic E-state index is 9.17. The molecule has 0 aliphatic rings. The monoisotopic (exact) mass is 236 g/mol. The second-order valence-electron chi connectivity index (χ2n) is 4.41. The average molecular weight is 237 g/mol. The second-order valence-corrected chi connectivity index (χ2v) is 4.85. The van der Waals surface area contributed by atoms with Crippen LogP contribution in [0, 0.1) is 11.3 Å². The first kappa shape index (κ1) is 13.0. The smallest absolute Gasteiger partial charge is 0.106 e. The molecule has 1 atom stereocenters. The van der Waals surface area contributed by atoms with Gasteiger partial charge in [0.1, 0.15) is 5.54 Å². The Balaban J connectivity index is 2.68. The summed E-state index contributed by atoms with van der Waals surface area (Å²) in [7, 11) is 3.86. The van der Waals surface area contributed by atoms with Crippen molar-refractivity contribution in [2.45, 2.75) is 25.3 Å². The first-order valence-electron chi connectivity index (χ1n) is 5.31. The van der Waals surface area contributed by atoms with Crippen molar-refractivity contribution < 1.29 is 0 Å². The van der Waals surface area contributed by atoms with Crippen LogP contribution in [0.5, 0.6) is 0 Å². The standard InChI is InChI=1S/C13H17ClN2/c1-13(10-15,16(2)3)8-7-11-5-4-6-12(14)9-11/h4-6,9H,7-8H2,1-3H3. The van der Waals surface area contributed by atoms with E-state index in [0.717, 1.165) is 17.9 Å². The summed E-state index contributed by atoms with van der Waals surface area (Å²) in [5, 5.41) is 9.92. The van der Waals surface area contributed by atoms with Crippen LogP contribution in [0.2, 0.25) is 5.02 Å². The van der Waals surface area contributed by atoms with Crippen molar-refractivity contribution in [2.75, 3.05) is 14.1 Å². The Hall–Kier alpha value is -1.04. The third-order valence-corrected chi connectivity index (χ3v) is 3.25. The lowest BCUT2D eigenvalue weighted by atomic mass is 9.93. The number of rotatable bonds is 4. The number of nitriles is 1. The zero-order valence-electron chi connectivity index (χ0n) is 10.00. The summed E-state index contributed by atoms with van der Waals surface area (Å²) in [5.41, 5.74) is 0.762. The minimum Gasteiger partial charge on any atom is -0.292 e. The van der Waals surface area contributed by atoms with E-state index >= 15 is 0 Å². The minimum atomic E-state index is -0.414. The van der Waals surface area contributed by atoms with Gasteiger partial charge in [-0.1, -0.05) is 23.7 Å². The molecule has 1 aromatic rings. The molecule has 1 aromatic carbocycles. The number of hydrogen-bond acceptors (Lipinski definition) is 2. The molecule has 0 aliphatic heterocycles. The Morgan fingerprint density at radius 3 is 2.62 bits per heavy atom. The van der Waals surface area contributed by atoms with E-state index < -0.39 is 5.54 Å². The van der Waals surface area contributed by atoms with Crippen LogP contribution >= 0.6 is 11.6 Å². The molecule has 0 radical (unpaired) electrons. The summed E-state index contributed by atoms with van der Waals surface area (Å²) >= 11 is 5.92. The van der Waals surface area contributed by atoms with Gasteiger partial charge < -0.3 is 0 Å². The van der Waals surface area contributed by atoms with Gasteiger partial charge >= 0.3 is 0 Å². The van der Waals surface area contributed by atoms with E-state index in [4.69, 9.17) is 11.6 Å². The molecule has 2 nitrogen and oxygen atoms in total. The van der Waals surface area contributed by atoms with E-state index in [2.05, 4.69) is 6.07 Å². The molecular weight excluding hydrogens is 220 g/mol. The molecule has 0 aliphatic carbocycles. The lowest BCUT2D eigenvalue weighted by molar-refractivity contribution is 0.224. The first-order chi connectivity index (χ1) is 7.48. The maximum Gasteiger partial charge on any atom is 0.106 e. The Morgan fingerprint density at radius 1 is 1.44 bits per heavy atom. The molecule has 86 valence electrons. The van der Waals surface area contributed by atoms with Gasteiger partial charge in [0.2, 0.25) is 0 Å². The van der Waals surface area contributed by atoms with Crippen molar-refractivity contribution in [1.29, 1.82) is 5.26 Å². The average Bonchev–Trinajstić information content (AvgIpc) is 2.26. The Bertz CT molecular complexity index is 395. The van der Waals surface area contributed by atoms with Crippen LogP contribution in [-0.2, 0) is 6.42 Å². The maximum atomic E-state index is 9.17. The van der Waals surface area contributed by atoms with E-state index in [9.17, 15) is 5.26 Å². The van der Waals surface area contributed by atoms with Crippen molar-refractivity contribution in [3.8, 4) is 6.07 Å². The second kappa shape index (κ2) is 5.34. The SMILES string of the molecule is CN(C)C(C)(C#N)CCc1cccc(Cl)c1. The topological polar surface area (TPSA) is 27.0 Å². The molecule has 16 heavy (non-hydrogen) atoms. The number of nitrogens with zero attached hydrogens (tertiary/aromatic N) is 2.